The molecule has 36 heavy (non-hydrogen) atoms. The van der Waals surface area contributed by atoms with Crippen molar-refractivity contribution in [1.29, 1.82) is 0 Å². The molecule has 5 nitrogen and oxygen atoms in total. The number of esters is 1. The maximum Gasteiger partial charge on any atom is 0.338 e. The number of halogens is 1. The van der Waals surface area contributed by atoms with Crippen LogP contribution in [0.1, 0.15) is 47.0 Å². The van der Waals surface area contributed by atoms with Crippen molar-refractivity contribution in [3.63, 3.8) is 0 Å². The normalized spacial score (nSPS) is 12.3. The quantitative estimate of drug-likeness (QED) is 0.151. The minimum Gasteiger partial charge on any atom is -0.449 e. The van der Waals surface area contributed by atoms with Crippen LogP contribution in [0.5, 0.6) is 0 Å². The van der Waals surface area contributed by atoms with Crippen LogP contribution < -0.4 is 5.32 Å². The third-order valence-corrected chi connectivity index (χ3v) is 6.64. The Hall–Kier alpha value is -4.03. The van der Waals surface area contributed by atoms with E-state index in [4.69, 9.17) is 4.74 Å². The van der Waals surface area contributed by atoms with Gasteiger partial charge in [-0.15, -0.1) is 0 Å². The second-order valence-electron chi connectivity index (χ2n) is 8.27. The lowest BCUT2D eigenvalue weighted by Gasteiger charge is -2.22. The zero-order chi connectivity index (χ0) is 25.5. The van der Waals surface area contributed by atoms with Crippen molar-refractivity contribution >= 4 is 39.3 Å². The molecular weight excluding hydrogens is 518 g/mol. The van der Waals surface area contributed by atoms with Crippen LogP contribution in [0.25, 0.3) is 0 Å². The van der Waals surface area contributed by atoms with Gasteiger partial charge in [0.05, 0.1) is 10.4 Å². The van der Waals surface area contributed by atoms with E-state index in [0.29, 0.717) is 16.8 Å². The zero-order valence-electron chi connectivity index (χ0n) is 19.6. The first-order chi connectivity index (χ1) is 17.4. The number of amides is 1. The highest BCUT2D eigenvalue weighted by atomic mass is 79.9. The molecule has 0 fully saturated rings. The number of hydrogen-bond acceptors (Lipinski definition) is 4. The number of ether oxygens (including phenoxy) is 1. The summed E-state index contributed by atoms with van der Waals surface area (Å²) in [7, 11) is 0. The molecule has 1 amide bonds. The summed E-state index contributed by atoms with van der Waals surface area (Å²) < 4.78 is 5.75. The maximum absolute atomic E-state index is 13.3. The van der Waals surface area contributed by atoms with Gasteiger partial charge in [0.15, 0.2) is 6.10 Å². The van der Waals surface area contributed by atoms with Crippen molar-refractivity contribution in [1.82, 2.24) is 0 Å². The molecule has 2 atom stereocenters. The lowest BCUT2D eigenvalue weighted by Crippen LogP contribution is -2.31. The van der Waals surface area contributed by atoms with E-state index >= 15 is 0 Å². The fourth-order valence-corrected chi connectivity index (χ4v) is 4.26. The van der Waals surface area contributed by atoms with E-state index in [2.05, 4.69) is 21.2 Å². The highest BCUT2D eigenvalue weighted by Gasteiger charge is 2.32. The second-order valence-corrected chi connectivity index (χ2v) is 9.25. The molecule has 4 aromatic carbocycles. The molecule has 1 N–H and O–H groups in total. The van der Waals surface area contributed by atoms with Gasteiger partial charge in [0, 0.05) is 16.8 Å². The van der Waals surface area contributed by atoms with Crippen LogP contribution in [0.3, 0.4) is 0 Å². The third-order valence-electron chi connectivity index (χ3n) is 5.63. The summed E-state index contributed by atoms with van der Waals surface area (Å²) in [6.45, 7) is 1.95. The molecule has 0 aliphatic carbocycles. The number of nitrogens with one attached hydrogen (secondary N) is 1. The van der Waals surface area contributed by atoms with Crippen molar-refractivity contribution in [3.8, 4) is 0 Å². The number of benzene rings is 4. The molecular formula is C30H24BrNO4. The molecule has 0 spiro atoms. The molecule has 4 rings (SSSR count). The molecule has 6 heteroatoms. The lowest BCUT2D eigenvalue weighted by atomic mass is 9.99. The molecule has 0 heterocycles. The fourth-order valence-electron chi connectivity index (χ4n) is 3.61. The molecule has 0 saturated carbocycles. The van der Waals surface area contributed by atoms with E-state index in [1.54, 1.807) is 60.7 Å². The van der Waals surface area contributed by atoms with Gasteiger partial charge in [-0.25, -0.2) is 4.79 Å². The Balaban J connectivity index is 1.50. The molecule has 0 aromatic heterocycles. The molecule has 0 unspecified atom stereocenters. The first-order valence-electron chi connectivity index (χ1n) is 11.4. The predicted molar refractivity (Wildman–Crippen MR) is 144 cm³/mol. The minimum absolute atomic E-state index is 0.246. The number of aryl methyl sites for hydroxylation is 1. The Bertz CT molecular complexity index is 1340. The van der Waals surface area contributed by atoms with E-state index in [1.807, 2.05) is 55.5 Å². The monoisotopic (exact) mass is 541 g/mol. The van der Waals surface area contributed by atoms with E-state index in [1.165, 1.54) is 0 Å². The Morgan fingerprint density at radius 3 is 1.86 bits per heavy atom. The standard InChI is InChI=1S/C30H24BrNO4/c1-20-12-14-23(15-13-20)29(34)32-25-18-16-24(17-19-25)30(35)36-28(26(31)21-8-4-2-5-9-21)27(33)22-10-6-3-7-11-22/h2-19,26,28H,1H3,(H,32,34)/t26-,28-/m1/s1. The minimum atomic E-state index is -1.08. The number of Topliss-reactive ketones (excluding diaryl/α,β-unsaturated/α-hetero) is 1. The average Bonchev–Trinajstić information content (AvgIpc) is 2.92. The van der Waals surface area contributed by atoms with Gasteiger partial charge in [0.1, 0.15) is 0 Å². The summed E-state index contributed by atoms with van der Waals surface area (Å²) in [6, 6.07) is 31.7. The van der Waals surface area contributed by atoms with Gasteiger partial charge in [-0.05, 0) is 48.9 Å². The van der Waals surface area contributed by atoms with Gasteiger partial charge in [-0.2, -0.15) is 0 Å². The summed E-state index contributed by atoms with van der Waals surface area (Å²) >= 11 is 3.57. The van der Waals surface area contributed by atoms with Crippen molar-refractivity contribution < 1.29 is 19.1 Å². The molecule has 0 radical (unpaired) electrons. The van der Waals surface area contributed by atoms with Crippen LogP contribution in [0, 0.1) is 6.92 Å². The Labute approximate surface area is 218 Å². The molecule has 0 bridgehead atoms. The number of hydrogen-bond donors (Lipinski definition) is 1. The smallest absolute Gasteiger partial charge is 0.338 e. The Kier molecular flexibility index (Phi) is 8.08. The second kappa shape index (κ2) is 11.6. The van der Waals surface area contributed by atoms with Crippen LogP contribution >= 0.6 is 15.9 Å². The summed E-state index contributed by atoms with van der Waals surface area (Å²) in [4.78, 5) is 38.3. The van der Waals surface area contributed by atoms with Gasteiger partial charge < -0.3 is 10.1 Å². The van der Waals surface area contributed by atoms with Crippen LogP contribution in [-0.2, 0) is 4.74 Å². The number of carbonyl (C=O) groups is 3. The number of anilines is 1. The molecule has 0 aliphatic rings. The number of rotatable bonds is 8. The summed E-state index contributed by atoms with van der Waals surface area (Å²) in [5.74, 6) is -1.19. The molecule has 0 aliphatic heterocycles. The number of alkyl halides is 1. The van der Waals surface area contributed by atoms with Gasteiger partial charge >= 0.3 is 5.97 Å². The van der Waals surface area contributed by atoms with Gasteiger partial charge in [0.25, 0.3) is 5.91 Å². The van der Waals surface area contributed by atoms with Crippen LogP contribution in [0.15, 0.2) is 109 Å². The van der Waals surface area contributed by atoms with Crippen LogP contribution in [0.4, 0.5) is 5.69 Å². The van der Waals surface area contributed by atoms with E-state index in [-0.39, 0.29) is 17.3 Å². The first-order valence-corrected chi connectivity index (χ1v) is 12.3. The summed E-state index contributed by atoms with van der Waals surface area (Å²) in [6.07, 6.45) is -1.08. The largest absolute Gasteiger partial charge is 0.449 e. The van der Waals surface area contributed by atoms with Gasteiger partial charge in [-0.1, -0.05) is 94.3 Å². The predicted octanol–water partition coefficient (Wildman–Crippen LogP) is 6.79. The van der Waals surface area contributed by atoms with E-state index in [9.17, 15) is 14.4 Å². The topological polar surface area (TPSA) is 72.5 Å². The highest BCUT2D eigenvalue weighted by molar-refractivity contribution is 9.09. The summed E-state index contributed by atoms with van der Waals surface area (Å²) in [5.41, 5.74) is 3.67. The number of carbonyl (C=O) groups excluding carboxylic acids is 3. The van der Waals surface area contributed by atoms with Crippen LogP contribution in [0.2, 0.25) is 0 Å². The Morgan fingerprint density at radius 1 is 0.694 bits per heavy atom. The first kappa shape index (κ1) is 25.1. The van der Waals surface area contributed by atoms with E-state index < -0.39 is 16.9 Å². The number of ketones is 1. The maximum atomic E-state index is 13.3. The van der Waals surface area contributed by atoms with Crippen molar-refractivity contribution in [2.24, 2.45) is 0 Å². The molecule has 4 aromatic rings. The van der Waals surface area contributed by atoms with Gasteiger partial charge in [-0.3, -0.25) is 9.59 Å². The van der Waals surface area contributed by atoms with Crippen LogP contribution in [-0.4, -0.2) is 23.8 Å². The average molecular weight is 542 g/mol. The van der Waals surface area contributed by atoms with Crippen molar-refractivity contribution in [2.45, 2.75) is 17.9 Å². The van der Waals surface area contributed by atoms with Gasteiger partial charge in [0.2, 0.25) is 5.78 Å². The Morgan fingerprint density at radius 2 is 1.25 bits per heavy atom. The zero-order valence-corrected chi connectivity index (χ0v) is 21.1. The third kappa shape index (κ3) is 6.15. The molecule has 0 saturated heterocycles. The lowest BCUT2D eigenvalue weighted by molar-refractivity contribution is 0.0282. The highest BCUT2D eigenvalue weighted by Crippen LogP contribution is 2.31. The SMILES string of the molecule is Cc1ccc(C(=O)Nc2ccc(C(=O)O[C@@H](C(=O)c3ccccc3)[C@H](Br)c3ccccc3)cc2)cc1. The van der Waals surface area contributed by atoms with Crippen molar-refractivity contribution in [3.05, 3.63) is 137 Å². The molecule has 180 valence electrons. The van der Waals surface area contributed by atoms with Crippen molar-refractivity contribution in [2.75, 3.05) is 5.32 Å². The summed E-state index contributed by atoms with van der Waals surface area (Å²) in [5, 5.41) is 2.81. The fraction of sp³-hybridized carbons (Fsp3) is 0.100. The van der Waals surface area contributed by atoms with E-state index in [0.717, 1.165) is 11.1 Å².